The van der Waals surface area contributed by atoms with Gasteiger partial charge in [0.05, 0.1) is 11.1 Å². The van der Waals surface area contributed by atoms with E-state index < -0.39 is 17.6 Å². The Balaban J connectivity index is 1.57. The molecule has 7 heteroatoms. The molecule has 0 fully saturated rings. The molecule has 0 aliphatic heterocycles. The quantitative estimate of drug-likeness (QED) is 0.282. The summed E-state index contributed by atoms with van der Waals surface area (Å²) in [5.41, 5.74) is 3.49. The Morgan fingerprint density at radius 2 is 1.58 bits per heavy atom. The first-order valence-corrected chi connectivity index (χ1v) is 11.7. The van der Waals surface area contributed by atoms with Crippen molar-refractivity contribution in [3.8, 4) is 11.3 Å². The lowest BCUT2D eigenvalue weighted by atomic mass is 10.1. The molecule has 4 aromatic rings. The third-order valence-corrected chi connectivity index (χ3v) is 6.20. The SMILES string of the molecule is Cc1c(C(=O)Nc2cccc(C(F)(F)F)c2)cc(-c2ccccc2)n1CCCN(C)c1ccccc1. The second-order valence-electron chi connectivity index (χ2n) is 8.69. The van der Waals surface area contributed by atoms with Crippen LogP contribution >= 0.6 is 0 Å². The highest BCUT2D eigenvalue weighted by Gasteiger charge is 2.30. The molecule has 0 unspecified atom stereocenters. The summed E-state index contributed by atoms with van der Waals surface area (Å²) in [7, 11) is 2.05. The number of halogens is 3. The molecule has 0 radical (unpaired) electrons. The monoisotopic (exact) mass is 491 g/mol. The van der Waals surface area contributed by atoms with E-state index in [0.29, 0.717) is 12.1 Å². The number of hydrogen-bond donors (Lipinski definition) is 1. The van der Waals surface area contributed by atoms with Crippen LogP contribution in [0.5, 0.6) is 0 Å². The van der Waals surface area contributed by atoms with Crippen molar-refractivity contribution < 1.29 is 18.0 Å². The lowest BCUT2D eigenvalue weighted by Gasteiger charge is -2.20. The standard InChI is InChI=1S/C29H28F3N3O/c1-21-26(28(36)33-24-14-9-13-23(19-24)29(30,31)32)20-27(22-11-5-3-6-12-22)35(21)18-10-17-34(2)25-15-7-4-8-16-25/h3-9,11-16,19-20H,10,17-18H2,1-2H3,(H,33,36). The number of carbonyl (C=O) groups excluding carboxylic acids is 1. The summed E-state index contributed by atoms with van der Waals surface area (Å²) in [6, 6.07) is 26.4. The van der Waals surface area contributed by atoms with E-state index in [0.717, 1.165) is 47.7 Å². The highest BCUT2D eigenvalue weighted by Crippen LogP contribution is 2.31. The summed E-state index contributed by atoms with van der Waals surface area (Å²) in [5.74, 6) is -0.441. The smallest absolute Gasteiger partial charge is 0.375 e. The van der Waals surface area contributed by atoms with Crippen LogP contribution in [0.4, 0.5) is 24.5 Å². The molecule has 3 aromatic carbocycles. The van der Waals surface area contributed by atoms with Gasteiger partial charge < -0.3 is 14.8 Å². The van der Waals surface area contributed by atoms with Gasteiger partial charge in [-0.05, 0) is 55.3 Å². The zero-order valence-corrected chi connectivity index (χ0v) is 20.2. The number of rotatable bonds is 8. The van der Waals surface area contributed by atoms with Gasteiger partial charge in [-0.1, -0.05) is 54.6 Å². The van der Waals surface area contributed by atoms with Gasteiger partial charge in [-0.3, -0.25) is 4.79 Å². The molecule has 36 heavy (non-hydrogen) atoms. The van der Waals surface area contributed by atoms with E-state index in [4.69, 9.17) is 0 Å². The lowest BCUT2D eigenvalue weighted by Crippen LogP contribution is -2.20. The maximum Gasteiger partial charge on any atom is 0.416 e. The van der Waals surface area contributed by atoms with Crippen LogP contribution in [0.3, 0.4) is 0 Å². The molecule has 0 aliphatic rings. The van der Waals surface area contributed by atoms with E-state index in [2.05, 4.69) is 26.9 Å². The van der Waals surface area contributed by atoms with Crippen LogP contribution in [0.1, 0.15) is 28.0 Å². The molecule has 1 N–H and O–H groups in total. The minimum absolute atomic E-state index is 0.104. The van der Waals surface area contributed by atoms with Gasteiger partial charge >= 0.3 is 6.18 Å². The second kappa shape index (κ2) is 10.7. The van der Waals surface area contributed by atoms with E-state index in [9.17, 15) is 18.0 Å². The van der Waals surface area contributed by atoms with Crippen LogP contribution in [0, 0.1) is 6.92 Å². The summed E-state index contributed by atoms with van der Waals surface area (Å²) in [4.78, 5) is 15.3. The Kier molecular flexibility index (Phi) is 7.48. The van der Waals surface area contributed by atoms with Gasteiger partial charge in [0.25, 0.3) is 5.91 Å². The first-order valence-electron chi connectivity index (χ1n) is 11.7. The maximum absolute atomic E-state index is 13.1. The van der Waals surface area contributed by atoms with E-state index in [1.165, 1.54) is 12.1 Å². The number of carbonyl (C=O) groups is 1. The van der Waals surface area contributed by atoms with Crippen molar-refractivity contribution in [2.24, 2.45) is 0 Å². The fourth-order valence-corrected chi connectivity index (χ4v) is 4.26. The van der Waals surface area contributed by atoms with Crippen molar-refractivity contribution in [2.45, 2.75) is 26.1 Å². The molecule has 0 saturated heterocycles. The molecular formula is C29H28F3N3O. The number of anilines is 2. The van der Waals surface area contributed by atoms with Crippen molar-refractivity contribution in [1.82, 2.24) is 4.57 Å². The molecule has 0 saturated carbocycles. The molecule has 4 nitrogen and oxygen atoms in total. The number of aromatic nitrogens is 1. The maximum atomic E-state index is 13.1. The van der Waals surface area contributed by atoms with Crippen LogP contribution in [-0.2, 0) is 12.7 Å². The fourth-order valence-electron chi connectivity index (χ4n) is 4.26. The average Bonchev–Trinajstić information content (AvgIpc) is 3.21. The minimum Gasteiger partial charge on any atom is -0.375 e. The molecule has 1 aromatic heterocycles. The van der Waals surface area contributed by atoms with E-state index in [1.54, 1.807) is 0 Å². The summed E-state index contributed by atoms with van der Waals surface area (Å²) < 4.78 is 41.4. The van der Waals surface area contributed by atoms with E-state index in [1.807, 2.05) is 68.6 Å². The van der Waals surface area contributed by atoms with Gasteiger partial charge in [-0.15, -0.1) is 0 Å². The number of alkyl halides is 3. The van der Waals surface area contributed by atoms with Crippen molar-refractivity contribution in [3.05, 3.63) is 108 Å². The Hall–Kier alpha value is -4.00. The second-order valence-corrected chi connectivity index (χ2v) is 8.69. The van der Waals surface area contributed by atoms with Crippen LogP contribution in [0.25, 0.3) is 11.3 Å². The molecule has 0 atom stereocenters. The number of nitrogens with one attached hydrogen (secondary N) is 1. The van der Waals surface area contributed by atoms with Crippen molar-refractivity contribution in [3.63, 3.8) is 0 Å². The molecule has 0 spiro atoms. The molecule has 186 valence electrons. The molecular weight excluding hydrogens is 463 g/mol. The predicted molar refractivity (Wildman–Crippen MR) is 138 cm³/mol. The van der Waals surface area contributed by atoms with Gasteiger partial charge in [0.2, 0.25) is 0 Å². The van der Waals surface area contributed by atoms with Crippen LogP contribution < -0.4 is 10.2 Å². The average molecular weight is 492 g/mol. The lowest BCUT2D eigenvalue weighted by molar-refractivity contribution is -0.137. The fraction of sp³-hybridized carbons (Fsp3) is 0.207. The Morgan fingerprint density at radius 1 is 0.917 bits per heavy atom. The number of hydrogen-bond acceptors (Lipinski definition) is 2. The number of amides is 1. The summed E-state index contributed by atoms with van der Waals surface area (Å²) in [5, 5.41) is 2.64. The van der Waals surface area contributed by atoms with Crippen molar-refractivity contribution in [1.29, 1.82) is 0 Å². The molecule has 1 heterocycles. The molecule has 4 rings (SSSR count). The highest BCUT2D eigenvalue weighted by atomic mass is 19.4. The topological polar surface area (TPSA) is 37.3 Å². The van der Waals surface area contributed by atoms with Crippen LogP contribution in [-0.4, -0.2) is 24.1 Å². The minimum atomic E-state index is -4.48. The third-order valence-electron chi connectivity index (χ3n) is 6.20. The Morgan fingerprint density at radius 3 is 2.25 bits per heavy atom. The predicted octanol–water partition coefficient (Wildman–Crippen LogP) is 7.26. The van der Waals surface area contributed by atoms with E-state index in [-0.39, 0.29) is 5.69 Å². The Bertz CT molecular complexity index is 1310. The third kappa shape index (κ3) is 5.79. The van der Waals surface area contributed by atoms with Gasteiger partial charge in [0.15, 0.2) is 0 Å². The summed E-state index contributed by atoms with van der Waals surface area (Å²) in [6.07, 6.45) is -3.64. The van der Waals surface area contributed by atoms with Crippen molar-refractivity contribution >= 4 is 17.3 Å². The first kappa shape index (κ1) is 25.1. The largest absolute Gasteiger partial charge is 0.416 e. The molecule has 0 bridgehead atoms. The zero-order valence-electron chi connectivity index (χ0n) is 20.2. The number of nitrogens with zero attached hydrogens (tertiary/aromatic N) is 2. The molecule has 1 amide bonds. The zero-order chi connectivity index (χ0) is 25.7. The normalized spacial score (nSPS) is 11.4. The van der Waals surface area contributed by atoms with Gasteiger partial charge in [-0.2, -0.15) is 13.2 Å². The first-order chi connectivity index (χ1) is 17.2. The van der Waals surface area contributed by atoms with Gasteiger partial charge in [0.1, 0.15) is 0 Å². The van der Waals surface area contributed by atoms with Crippen LogP contribution in [0.2, 0.25) is 0 Å². The summed E-state index contributed by atoms with van der Waals surface area (Å²) in [6.45, 7) is 3.38. The summed E-state index contributed by atoms with van der Waals surface area (Å²) >= 11 is 0. The molecule has 0 aliphatic carbocycles. The highest BCUT2D eigenvalue weighted by molar-refractivity contribution is 6.06. The van der Waals surface area contributed by atoms with Crippen molar-refractivity contribution in [2.75, 3.05) is 23.8 Å². The van der Waals surface area contributed by atoms with Gasteiger partial charge in [-0.25, -0.2) is 0 Å². The number of benzene rings is 3. The van der Waals surface area contributed by atoms with Crippen LogP contribution in [0.15, 0.2) is 91.0 Å². The number of para-hydroxylation sites is 1. The van der Waals surface area contributed by atoms with E-state index >= 15 is 0 Å². The Labute approximate surface area is 209 Å². The van der Waals surface area contributed by atoms with Gasteiger partial charge in [0, 0.05) is 42.9 Å².